The van der Waals surface area contributed by atoms with Gasteiger partial charge in [-0.25, -0.2) is 0 Å². The highest BCUT2D eigenvalue weighted by molar-refractivity contribution is 5.75. The summed E-state index contributed by atoms with van der Waals surface area (Å²) in [6.45, 7) is 7.78. The average molecular weight is 182 g/mol. The standard InChI is InChI=1S/C11H18O2/c1-8(2)7-11(10(12)13)6-4-5-9(11)3/h9H,1,4-7H2,2-3H3,(H,12,13). The minimum atomic E-state index is -0.638. The van der Waals surface area contributed by atoms with E-state index in [1.807, 2.05) is 13.8 Å². The summed E-state index contributed by atoms with van der Waals surface area (Å²) in [6, 6.07) is 0. The Kier molecular flexibility index (Phi) is 2.79. The first-order valence-electron chi connectivity index (χ1n) is 4.87. The third-order valence-corrected chi connectivity index (χ3v) is 3.25. The van der Waals surface area contributed by atoms with Crippen LogP contribution in [0.25, 0.3) is 0 Å². The number of hydrogen-bond acceptors (Lipinski definition) is 1. The summed E-state index contributed by atoms with van der Waals surface area (Å²) < 4.78 is 0. The van der Waals surface area contributed by atoms with Gasteiger partial charge in [0.2, 0.25) is 0 Å². The van der Waals surface area contributed by atoms with E-state index in [0.29, 0.717) is 12.3 Å². The van der Waals surface area contributed by atoms with Crippen molar-refractivity contribution in [3.8, 4) is 0 Å². The molecule has 0 aromatic rings. The fraction of sp³-hybridized carbons (Fsp3) is 0.727. The largest absolute Gasteiger partial charge is 0.481 e. The number of rotatable bonds is 3. The maximum atomic E-state index is 11.2. The van der Waals surface area contributed by atoms with E-state index in [2.05, 4.69) is 6.58 Å². The molecule has 1 N–H and O–H groups in total. The minimum Gasteiger partial charge on any atom is -0.481 e. The first-order valence-corrected chi connectivity index (χ1v) is 4.87. The van der Waals surface area contributed by atoms with Crippen molar-refractivity contribution in [2.45, 2.75) is 39.5 Å². The molecule has 0 saturated heterocycles. The molecule has 1 aliphatic carbocycles. The Hall–Kier alpha value is -0.790. The van der Waals surface area contributed by atoms with Crippen LogP contribution in [0.2, 0.25) is 0 Å². The molecule has 2 nitrogen and oxygen atoms in total. The minimum absolute atomic E-state index is 0.293. The van der Waals surface area contributed by atoms with E-state index < -0.39 is 11.4 Å². The van der Waals surface area contributed by atoms with Crippen molar-refractivity contribution in [2.24, 2.45) is 11.3 Å². The Labute approximate surface area is 79.6 Å². The van der Waals surface area contributed by atoms with Crippen LogP contribution in [0.4, 0.5) is 0 Å². The molecule has 0 spiro atoms. The third-order valence-electron chi connectivity index (χ3n) is 3.25. The van der Waals surface area contributed by atoms with Crippen LogP contribution in [0.5, 0.6) is 0 Å². The molecule has 13 heavy (non-hydrogen) atoms. The molecule has 0 aliphatic heterocycles. The van der Waals surface area contributed by atoms with Crippen LogP contribution in [0.15, 0.2) is 12.2 Å². The van der Waals surface area contributed by atoms with Crippen molar-refractivity contribution in [3.05, 3.63) is 12.2 Å². The van der Waals surface area contributed by atoms with Gasteiger partial charge in [-0.2, -0.15) is 0 Å². The Balaban J connectivity index is 2.87. The summed E-state index contributed by atoms with van der Waals surface area (Å²) in [4.78, 5) is 11.2. The predicted octanol–water partition coefficient (Wildman–Crippen LogP) is 2.84. The molecule has 0 radical (unpaired) electrons. The highest BCUT2D eigenvalue weighted by Gasteiger charge is 2.46. The lowest BCUT2D eigenvalue weighted by molar-refractivity contribution is -0.151. The van der Waals surface area contributed by atoms with Crippen molar-refractivity contribution >= 4 is 5.97 Å². The SMILES string of the molecule is C=C(C)CC1(C(=O)O)CCCC1C. The van der Waals surface area contributed by atoms with Crippen molar-refractivity contribution < 1.29 is 9.90 Å². The van der Waals surface area contributed by atoms with E-state index in [0.717, 1.165) is 24.8 Å². The fourth-order valence-corrected chi connectivity index (χ4v) is 2.44. The summed E-state index contributed by atoms with van der Waals surface area (Å²) in [6.07, 6.45) is 3.54. The van der Waals surface area contributed by atoms with Crippen LogP contribution in [0.3, 0.4) is 0 Å². The molecule has 1 saturated carbocycles. The monoisotopic (exact) mass is 182 g/mol. The molecule has 0 bridgehead atoms. The zero-order chi connectivity index (χ0) is 10.1. The second-order valence-corrected chi connectivity index (χ2v) is 4.39. The van der Waals surface area contributed by atoms with E-state index in [1.165, 1.54) is 0 Å². The van der Waals surface area contributed by atoms with Gasteiger partial charge in [0.05, 0.1) is 5.41 Å². The molecular formula is C11H18O2. The molecule has 0 heterocycles. The topological polar surface area (TPSA) is 37.3 Å². The van der Waals surface area contributed by atoms with Gasteiger partial charge >= 0.3 is 5.97 Å². The zero-order valence-corrected chi connectivity index (χ0v) is 8.47. The molecular weight excluding hydrogens is 164 g/mol. The zero-order valence-electron chi connectivity index (χ0n) is 8.47. The molecule has 2 atom stereocenters. The number of carboxylic acids is 1. The Morgan fingerprint density at radius 2 is 2.31 bits per heavy atom. The van der Waals surface area contributed by atoms with Crippen LogP contribution >= 0.6 is 0 Å². The fourth-order valence-electron chi connectivity index (χ4n) is 2.44. The lowest BCUT2D eigenvalue weighted by Gasteiger charge is -2.29. The third kappa shape index (κ3) is 1.77. The van der Waals surface area contributed by atoms with Gasteiger partial charge in [0, 0.05) is 0 Å². The molecule has 2 heteroatoms. The van der Waals surface area contributed by atoms with E-state index >= 15 is 0 Å². The normalized spacial score (nSPS) is 33.2. The van der Waals surface area contributed by atoms with Crippen LogP contribution in [0, 0.1) is 11.3 Å². The van der Waals surface area contributed by atoms with Gasteiger partial charge in [-0.3, -0.25) is 4.79 Å². The summed E-state index contributed by atoms with van der Waals surface area (Å²) in [5, 5.41) is 9.24. The van der Waals surface area contributed by atoms with Gasteiger partial charge in [0.25, 0.3) is 0 Å². The van der Waals surface area contributed by atoms with E-state index in [1.54, 1.807) is 0 Å². The van der Waals surface area contributed by atoms with Gasteiger partial charge in [-0.15, -0.1) is 6.58 Å². The average Bonchev–Trinajstić information content (AvgIpc) is 2.32. The van der Waals surface area contributed by atoms with Crippen molar-refractivity contribution in [1.29, 1.82) is 0 Å². The molecule has 0 amide bonds. The first kappa shape index (κ1) is 10.3. The Morgan fingerprint density at radius 3 is 2.62 bits per heavy atom. The number of carboxylic acid groups (broad SMARTS) is 1. The van der Waals surface area contributed by atoms with Gasteiger partial charge in [0.15, 0.2) is 0 Å². The molecule has 0 aromatic heterocycles. The predicted molar refractivity (Wildman–Crippen MR) is 52.5 cm³/mol. The second kappa shape index (κ2) is 3.52. The molecule has 74 valence electrons. The summed E-state index contributed by atoms with van der Waals surface area (Å²) in [5.74, 6) is -0.345. The van der Waals surface area contributed by atoms with Gasteiger partial charge in [0.1, 0.15) is 0 Å². The van der Waals surface area contributed by atoms with Crippen LogP contribution < -0.4 is 0 Å². The quantitative estimate of drug-likeness (QED) is 0.681. The molecule has 1 fully saturated rings. The number of carbonyl (C=O) groups is 1. The number of aliphatic carboxylic acids is 1. The van der Waals surface area contributed by atoms with Gasteiger partial charge in [-0.1, -0.05) is 18.9 Å². The van der Waals surface area contributed by atoms with Crippen molar-refractivity contribution in [3.63, 3.8) is 0 Å². The number of allylic oxidation sites excluding steroid dienone is 1. The maximum absolute atomic E-state index is 11.2. The smallest absolute Gasteiger partial charge is 0.310 e. The highest BCUT2D eigenvalue weighted by atomic mass is 16.4. The van der Waals surface area contributed by atoms with Gasteiger partial charge < -0.3 is 5.11 Å². The highest BCUT2D eigenvalue weighted by Crippen LogP contribution is 2.47. The summed E-state index contributed by atoms with van der Waals surface area (Å²) in [7, 11) is 0. The number of hydrogen-bond donors (Lipinski definition) is 1. The van der Waals surface area contributed by atoms with Crippen molar-refractivity contribution in [2.75, 3.05) is 0 Å². The van der Waals surface area contributed by atoms with E-state index in [9.17, 15) is 9.90 Å². The van der Waals surface area contributed by atoms with Crippen LogP contribution in [0.1, 0.15) is 39.5 Å². The summed E-state index contributed by atoms with van der Waals surface area (Å²) >= 11 is 0. The van der Waals surface area contributed by atoms with E-state index in [4.69, 9.17) is 0 Å². The lowest BCUT2D eigenvalue weighted by atomic mass is 9.74. The lowest BCUT2D eigenvalue weighted by Crippen LogP contribution is -2.33. The van der Waals surface area contributed by atoms with Crippen LogP contribution in [-0.2, 0) is 4.79 Å². The Morgan fingerprint density at radius 1 is 1.69 bits per heavy atom. The van der Waals surface area contributed by atoms with Crippen LogP contribution in [-0.4, -0.2) is 11.1 Å². The first-order chi connectivity index (χ1) is 5.99. The van der Waals surface area contributed by atoms with E-state index in [-0.39, 0.29) is 0 Å². The molecule has 1 aliphatic rings. The van der Waals surface area contributed by atoms with Gasteiger partial charge in [-0.05, 0) is 32.1 Å². The van der Waals surface area contributed by atoms with Crippen molar-refractivity contribution in [1.82, 2.24) is 0 Å². The molecule has 0 aromatic carbocycles. The molecule has 2 unspecified atom stereocenters. The summed E-state index contributed by atoms with van der Waals surface area (Å²) in [5.41, 5.74) is 0.474. The Bertz CT molecular complexity index is 232. The second-order valence-electron chi connectivity index (χ2n) is 4.39. The maximum Gasteiger partial charge on any atom is 0.310 e. The molecule has 1 rings (SSSR count).